The fraction of sp³-hybridized carbons (Fsp3) is 0.353. The molecule has 0 aliphatic carbocycles. The molecular formula is C17H18N4O3. The van der Waals surface area contributed by atoms with Gasteiger partial charge in [-0.3, -0.25) is 9.69 Å². The minimum Gasteiger partial charge on any atom is -0.486 e. The van der Waals surface area contributed by atoms with E-state index in [2.05, 4.69) is 20.9 Å². The Morgan fingerprint density at radius 1 is 1.25 bits per heavy atom. The number of hydrogen-bond donors (Lipinski definition) is 1. The summed E-state index contributed by atoms with van der Waals surface area (Å²) < 4.78 is 11.2. The Hall–Kier alpha value is -2.67. The number of hydrogen-bond acceptors (Lipinski definition) is 6. The van der Waals surface area contributed by atoms with Crippen LogP contribution >= 0.6 is 0 Å². The van der Waals surface area contributed by atoms with E-state index in [4.69, 9.17) is 15.2 Å². The molecule has 0 spiro atoms. The van der Waals surface area contributed by atoms with E-state index in [0.29, 0.717) is 19.8 Å². The summed E-state index contributed by atoms with van der Waals surface area (Å²) in [7, 11) is 0. The van der Waals surface area contributed by atoms with Gasteiger partial charge in [-0.05, 0) is 29.7 Å². The molecule has 7 heteroatoms. The first-order valence-electron chi connectivity index (χ1n) is 7.94. The molecule has 1 amide bonds. The Balaban J connectivity index is 1.50. The second-order valence-corrected chi connectivity index (χ2v) is 5.97. The van der Waals surface area contributed by atoms with Crippen molar-refractivity contribution in [1.29, 1.82) is 0 Å². The van der Waals surface area contributed by atoms with Crippen LogP contribution in [-0.2, 0) is 19.5 Å². The lowest BCUT2D eigenvalue weighted by Gasteiger charge is -2.28. The second-order valence-electron chi connectivity index (χ2n) is 5.97. The molecule has 0 fully saturated rings. The minimum absolute atomic E-state index is 0.0786. The van der Waals surface area contributed by atoms with E-state index in [-0.39, 0.29) is 5.82 Å². The van der Waals surface area contributed by atoms with Crippen LogP contribution in [0.4, 0.5) is 0 Å². The molecule has 0 atom stereocenters. The van der Waals surface area contributed by atoms with Crippen LogP contribution in [-0.4, -0.2) is 40.5 Å². The maximum Gasteiger partial charge on any atom is 0.286 e. The topological polar surface area (TPSA) is 90.6 Å². The van der Waals surface area contributed by atoms with Crippen molar-refractivity contribution in [3.8, 4) is 11.5 Å². The van der Waals surface area contributed by atoms with Crippen LogP contribution in [0.3, 0.4) is 0 Å². The van der Waals surface area contributed by atoms with Crippen LogP contribution in [0.25, 0.3) is 0 Å². The lowest BCUT2D eigenvalue weighted by atomic mass is 10.1. The maximum absolute atomic E-state index is 11.3. The zero-order chi connectivity index (χ0) is 16.5. The molecule has 1 aromatic heterocycles. The van der Waals surface area contributed by atoms with E-state index >= 15 is 0 Å². The Labute approximate surface area is 139 Å². The van der Waals surface area contributed by atoms with Crippen molar-refractivity contribution in [1.82, 2.24) is 14.9 Å². The molecule has 2 N–H and O–H groups in total. The van der Waals surface area contributed by atoms with Crippen molar-refractivity contribution >= 4 is 5.91 Å². The maximum atomic E-state index is 11.3. The van der Waals surface area contributed by atoms with Gasteiger partial charge in [0.1, 0.15) is 13.2 Å². The standard InChI is InChI=1S/C17H18N4O3/c18-16(22)17-19-8-12-3-4-21(10-13(12)20-17)9-11-1-2-14-15(7-11)24-6-5-23-14/h1-2,7-8H,3-6,9-10H2,(H2,18,22). The van der Waals surface area contributed by atoms with Crippen molar-refractivity contribution in [2.24, 2.45) is 5.73 Å². The van der Waals surface area contributed by atoms with E-state index in [9.17, 15) is 4.79 Å². The molecule has 2 aromatic rings. The molecule has 0 saturated heterocycles. The normalized spacial score (nSPS) is 16.5. The van der Waals surface area contributed by atoms with Gasteiger partial charge in [-0.2, -0.15) is 0 Å². The quantitative estimate of drug-likeness (QED) is 0.901. The number of ether oxygens (including phenoxy) is 2. The van der Waals surface area contributed by atoms with Gasteiger partial charge in [0.25, 0.3) is 5.91 Å². The highest BCUT2D eigenvalue weighted by Crippen LogP contribution is 2.31. The Bertz CT molecular complexity index is 793. The van der Waals surface area contributed by atoms with Crippen LogP contribution in [0.15, 0.2) is 24.4 Å². The predicted octanol–water partition coefficient (Wildman–Crippen LogP) is 0.905. The van der Waals surface area contributed by atoms with Gasteiger partial charge in [-0.25, -0.2) is 9.97 Å². The first-order valence-corrected chi connectivity index (χ1v) is 7.94. The molecule has 124 valence electrons. The third kappa shape index (κ3) is 2.90. The summed E-state index contributed by atoms with van der Waals surface area (Å²) in [6.45, 7) is 3.55. The third-order valence-electron chi connectivity index (χ3n) is 4.26. The molecule has 2 aliphatic heterocycles. The number of primary amides is 1. The molecule has 7 nitrogen and oxygen atoms in total. The van der Waals surface area contributed by atoms with Crippen LogP contribution in [0.2, 0.25) is 0 Å². The number of carbonyl (C=O) groups excluding carboxylic acids is 1. The first-order chi connectivity index (χ1) is 11.7. The molecular weight excluding hydrogens is 308 g/mol. The SMILES string of the molecule is NC(=O)c1ncc2c(n1)CN(Cc1ccc3c(c1)OCCO3)CC2. The van der Waals surface area contributed by atoms with Crippen molar-refractivity contribution in [3.63, 3.8) is 0 Å². The van der Waals surface area contributed by atoms with Gasteiger partial charge in [0.2, 0.25) is 5.82 Å². The number of amides is 1. The number of carbonyl (C=O) groups is 1. The number of benzene rings is 1. The van der Waals surface area contributed by atoms with Crippen molar-refractivity contribution in [2.75, 3.05) is 19.8 Å². The molecule has 0 unspecified atom stereocenters. The summed E-state index contributed by atoms with van der Waals surface area (Å²) in [4.78, 5) is 21.9. The number of rotatable bonds is 3. The van der Waals surface area contributed by atoms with E-state index in [1.165, 1.54) is 0 Å². The van der Waals surface area contributed by atoms with Crippen LogP contribution in [0.1, 0.15) is 27.4 Å². The Morgan fingerprint density at radius 3 is 2.92 bits per heavy atom. The lowest BCUT2D eigenvalue weighted by Crippen LogP contribution is -2.32. The first kappa shape index (κ1) is 14.9. The van der Waals surface area contributed by atoms with Crippen molar-refractivity contribution in [3.05, 3.63) is 47.0 Å². The number of nitrogens with two attached hydrogens (primary N) is 1. The molecule has 1 aromatic carbocycles. The van der Waals surface area contributed by atoms with Crippen molar-refractivity contribution in [2.45, 2.75) is 19.5 Å². The summed E-state index contributed by atoms with van der Waals surface area (Å²) in [5.41, 5.74) is 8.39. The molecule has 3 heterocycles. The summed E-state index contributed by atoms with van der Waals surface area (Å²) in [5.74, 6) is 1.08. The van der Waals surface area contributed by atoms with E-state index in [1.54, 1.807) is 6.20 Å². The monoisotopic (exact) mass is 326 g/mol. The van der Waals surface area contributed by atoms with Gasteiger partial charge in [-0.1, -0.05) is 6.07 Å². The fourth-order valence-corrected chi connectivity index (χ4v) is 3.06. The molecule has 0 saturated carbocycles. The molecule has 0 bridgehead atoms. The zero-order valence-corrected chi connectivity index (χ0v) is 13.2. The average Bonchev–Trinajstić information content (AvgIpc) is 2.61. The number of nitrogens with zero attached hydrogens (tertiary/aromatic N) is 3. The third-order valence-corrected chi connectivity index (χ3v) is 4.26. The van der Waals surface area contributed by atoms with E-state index < -0.39 is 5.91 Å². The highest BCUT2D eigenvalue weighted by molar-refractivity contribution is 5.88. The van der Waals surface area contributed by atoms with Gasteiger partial charge < -0.3 is 15.2 Å². The highest BCUT2D eigenvalue weighted by atomic mass is 16.6. The smallest absolute Gasteiger partial charge is 0.286 e. The van der Waals surface area contributed by atoms with Crippen LogP contribution < -0.4 is 15.2 Å². The van der Waals surface area contributed by atoms with E-state index in [1.807, 2.05) is 12.1 Å². The Kier molecular flexibility index (Phi) is 3.78. The van der Waals surface area contributed by atoms with Gasteiger partial charge in [-0.15, -0.1) is 0 Å². The van der Waals surface area contributed by atoms with Gasteiger partial charge >= 0.3 is 0 Å². The summed E-state index contributed by atoms with van der Waals surface area (Å²) in [6, 6.07) is 6.03. The van der Waals surface area contributed by atoms with E-state index in [0.717, 1.165) is 47.8 Å². The molecule has 4 rings (SSSR count). The van der Waals surface area contributed by atoms with Crippen LogP contribution in [0, 0.1) is 0 Å². The van der Waals surface area contributed by atoms with Gasteiger partial charge in [0, 0.05) is 25.8 Å². The largest absolute Gasteiger partial charge is 0.486 e. The molecule has 2 aliphatic rings. The number of fused-ring (bicyclic) bond motifs is 2. The predicted molar refractivity (Wildman–Crippen MR) is 85.8 cm³/mol. The van der Waals surface area contributed by atoms with Crippen LogP contribution in [0.5, 0.6) is 11.5 Å². The highest BCUT2D eigenvalue weighted by Gasteiger charge is 2.20. The van der Waals surface area contributed by atoms with Crippen molar-refractivity contribution < 1.29 is 14.3 Å². The average molecular weight is 326 g/mol. The molecule has 24 heavy (non-hydrogen) atoms. The number of aromatic nitrogens is 2. The molecule has 0 radical (unpaired) electrons. The summed E-state index contributed by atoms with van der Waals surface area (Å²) >= 11 is 0. The zero-order valence-electron chi connectivity index (χ0n) is 13.2. The van der Waals surface area contributed by atoms with Gasteiger partial charge in [0.15, 0.2) is 11.5 Å². The second kappa shape index (κ2) is 6.09. The Morgan fingerprint density at radius 2 is 2.08 bits per heavy atom. The summed E-state index contributed by atoms with van der Waals surface area (Å²) in [6.07, 6.45) is 2.57. The summed E-state index contributed by atoms with van der Waals surface area (Å²) in [5, 5.41) is 0. The minimum atomic E-state index is -0.596. The van der Waals surface area contributed by atoms with Gasteiger partial charge in [0.05, 0.1) is 5.69 Å². The lowest BCUT2D eigenvalue weighted by molar-refractivity contribution is 0.0989. The fourth-order valence-electron chi connectivity index (χ4n) is 3.06.